The number of benzene rings is 1. The van der Waals surface area contributed by atoms with Crippen LogP contribution in [0.2, 0.25) is 0 Å². The standard InChI is InChI=1S/C12H14F2N2O/c13-8-1-2-10(11(14)7-8)12(17)16-5-3-9(15)4-6-16/h1-2,7,9H,3-6,15H2. The molecule has 0 radical (unpaired) electrons. The van der Waals surface area contributed by atoms with E-state index in [2.05, 4.69) is 0 Å². The molecule has 1 saturated heterocycles. The maximum Gasteiger partial charge on any atom is 0.256 e. The highest BCUT2D eigenvalue weighted by atomic mass is 19.1. The lowest BCUT2D eigenvalue weighted by atomic mass is 10.0. The van der Waals surface area contributed by atoms with Gasteiger partial charge in [-0.1, -0.05) is 0 Å². The maximum absolute atomic E-state index is 13.4. The Morgan fingerprint density at radius 2 is 1.94 bits per heavy atom. The number of likely N-dealkylation sites (tertiary alicyclic amines) is 1. The summed E-state index contributed by atoms with van der Waals surface area (Å²) < 4.78 is 26.1. The molecule has 1 aromatic rings. The first-order valence-electron chi connectivity index (χ1n) is 5.58. The van der Waals surface area contributed by atoms with Gasteiger partial charge in [0.1, 0.15) is 11.6 Å². The van der Waals surface area contributed by atoms with E-state index in [1.165, 1.54) is 6.07 Å². The third-order valence-electron chi connectivity index (χ3n) is 2.99. The van der Waals surface area contributed by atoms with Crippen molar-refractivity contribution in [1.29, 1.82) is 0 Å². The largest absolute Gasteiger partial charge is 0.338 e. The van der Waals surface area contributed by atoms with Crippen LogP contribution in [-0.4, -0.2) is 29.9 Å². The molecule has 1 heterocycles. The fourth-order valence-corrected chi connectivity index (χ4v) is 1.94. The summed E-state index contributed by atoms with van der Waals surface area (Å²) in [5.74, 6) is -1.89. The van der Waals surface area contributed by atoms with E-state index in [1.54, 1.807) is 4.90 Å². The second-order valence-electron chi connectivity index (χ2n) is 4.25. The van der Waals surface area contributed by atoms with Crippen LogP contribution in [0.4, 0.5) is 8.78 Å². The molecule has 0 aliphatic carbocycles. The van der Waals surface area contributed by atoms with E-state index >= 15 is 0 Å². The minimum Gasteiger partial charge on any atom is -0.338 e. The van der Waals surface area contributed by atoms with Gasteiger partial charge in [0.25, 0.3) is 5.91 Å². The molecule has 1 amide bonds. The molecule has 3 nitrogen and oxygen atoms in total. The average molecular weight is 240 g/mol. The van der Waals surface area contributed by atoms with Crippen molar-refractivity contribution < 1.29 is 13.6 Å². The van der Waals surface area contributed by atoms with Crippen LogP contribution in [0.1, 0.15) is 23.2 Å². The summed E-state index contributed by atoms with van der Waals surface area (Å²) in [6.45, 7) is 1.05. The Bertz CT molecular complexity index is 429. The third-order valence-corrected chi connectivity index (χ3v) is 2.99. The number of rotatable bonds is 1. The van der Waals surface area contributed by atoms with Crippen molar-refractivity contribution >= 4 is 5.91 Å². The van der Waals surface area contributed by atoms with Crippen molar-refractivity contribution in [3.05, 3.63) is 35.4 Å². The Kier molecular flexibility index (Phi) is 3.38. The lowest BCUT2D eigenvalue weighted by molar-refractivity contribution is 0.0710. The molecule has 0 bridgehead atoms. The molecule has 0 atom stereocenters. The third kappa shape index (κ3) is 2.61. The molecule has 2 N–H and O–H groups in total. The summed E-state index contributed by atoms with van der Waals surface area (Å²) in [6, 6.07) is 3.10. The fraction of sp³-hybridized carbons (Fsp3) is 0.417. The summed E-state index contributed by atoms with van der Waals surface area (Å²) in [6.07, 6.45) is 1.43. The molecule has 1 aromatic carbocycles. The summed E-state index contributed by atoms with van der Waals surface area (Å²) in [5.41, 5.74) is 5.64. The van der Waals surface area contributed by atoms with E-state index in [4.69, 9.17) is 5.73 Å². The molecule has 0 aromatic heterocycles. The smallest absolute Gasteiger partial charge is 0.256 e. The van der Waals surface area contributed by atoms with Gasteiger partial charge in [0.2, 0.25) is 0 Å². The van der Waals surface area contributed by atoms with Crippen LogP contribution < -0.4 is 5.73 Å². The number of nitrogens with zero attached hydrogens (tertiary/aromatic N) is 1. The summed E-state index contributed by atoms with van der Waals surface area (Å²) in [5, 5.41) is 0. The number of carbonyl (C=O) groups is 1. The maximum atomic E-state index is 13.4. The van der Waals surface area contributed by atoms with Gasteiger partial charge in [-0.25, -0.2) is 8.78 Å². The quantitative estimate of drug-likeness (QED) is 0.809. The topological polar surface area (TPSA) is 46.3 Å². The first-order chi connectivity index (χ1) is 8.08. The average Bonchev–Trinajstić information content (AvgIpc) is 2.29. The van der Waals surface area contributed by atoms with E-state index in [0.29, 0.717) is 25.9 Å². The predicted octanol–water partition coefficient (Wildman–Crippen LogP) is 1.53. The van der Waals surface area contributed by atoms with E-state index < -0.39 is 17.5 Å². The zero-order chi connectivity index (χ0) is 12.4. The van der Waals surface area contributed by atoms with Gasteiger partial charge < -0.3 is 10.6 Å². The molecule has 1 aliphatic heterocycles. The highest BCUT2D eigenvalue weighted by Gasteiger charge is 2.23. The predicted molar refractivity (Wildman–Crippen MR) is 59.5 cm³/mol. The first kappa shape index (κ1) is 12.0. The second-order valence-corrected chi connectivity index (χ2v) is 4.25. The number of hydrogen-bond acceptors (Lipinski definition) is 2. The zero-order valence-corrected chi connectivity index (χ0v) is 9.33. The van der Waals surface area contributed by atoms with Gasteiger partial charge in [-0.15, -0.1) is 0 Å². The van der Waals surface area contributed by atoms with Crippen LogP contribution in [-0.2, 0) is 0 Å². The van der Waals surface area contributed by atoms with Crippen molar-refractivity contribution in [3.8, 4) is 0 Å². The Morgan fingerprint density at radius 3 is 2.53 bits per heavy atom. The zero-order valence-electron chi connectivity index (χ0n) is 9.33. The molecule has 5 heteroatoms. The van der Waals surface area contributed by atoms with Crippen molar-refractivity contribution in [2.75, 3.05) is 13.1 Å². The van der Waals surface area contributed by atoms with Crippen LogP contribution >= 0.6 is 0 Å². The summed E-state index contributed by atoms with van der Waals surface area (Å²) in [7, 11) is 0. The molecule has 0 saturated carbocycles. The van der Waals surface area contributed by atoms with Gasteiger partial charge >= 0.3 is 0 Å². The number of halogens is 2. The summed E-state index contributed by atoms with van der Waals surface area (Å²) >= 11 is 0. The Balaban J connectivity index is 2.14. The lowest BCUT2D eigenvalue weighted by Crippen LogP contribution is -2.43. The van der Waals surface area contributed by atoms with Gasteiger partial charge in [0.05, 0.1) is 5.56 Å². The highest BCUT2D eigenvalue weighted by molar-refractivity contribution is 5.94. The van der Waals surface area contributed by atoms with Crippen molar-refractivity contribution in [3.63, 3.8) is 0 Å². The first-order valence-corrected chi connectivity index (χ1v) is 5.58. The SMILES string of the molecule is NC1CCN(C(=O)c2ccc(F)cc2F)CC1. The van der Waals surface area contributed by atoms with E-state index in [-0.39, 0.29) is 11.6 Å². The van der Waals surface area contributed by atoms with Crippen LogP contribution in [0, 0.1) is 11.6 Å². The van der Waals surface area contributed by atoms with Crippen LogP contribution in [0.25, 0.3) is 0 Å². The van der Waals surface area contributed by atoms with Gasteiger partial charge in [-0.3, -0.25) is 4.79 Å². The summed E-state index contributed by atoms with van der Waals surface area (Å²) in [4.78, 5) is 13.5. The van der Waals surface area contributed by atoms with E-state index in [9.17, 15) is 13.6 Å². The molecule has 2 rings (SSSR count). The van der Waals surface area contributed by atoms with Crippen LogP contribution in [0.5, 0.6) is 0 Å². The highest BCUT2D eigenvalue weighted by Crippen LogP contribution is 2.16. The molecular weight excluding hydrogens is 226 g/mol. The van der Waals surface area contributed by atoms with Gasteiger partial charge in [-0.2, -0.15) is 0 Å². The second kappa shape index (κ2) is 4.79. The van der Waals surface area contributed by atoms with Crippen molar-refractivity contribution in [1.82, 2.24) is 4.90 Å². The molecule has 0 unspecified atom stereocenters. The van der Waals surface area contributed by atoms with Crippen molar-refractivity contribution in [2.45, 2.75) is 18.9 Å². The lowest BCUT2D eigenvalue weighted by Gasteiger charge is -2.30. The van der Waals surface area contributed by atoms with E-state index in [1.807, 2.05) is 0 Å². The van der Waals surface area contributed by atoms with Gasteiger partial charge in [-0.05, 0) is 25.0 Å². The molecule has 17 heavy (non-hydrogen) atoms. The van der Waals surface area contributed by atoms with E-state index in [0.717, 1.165) is 12.1 Å². The minimum atomic E-state index is -0.815. The van der Waals surface area contributed by atoms with Crippen molar-refractivity contribution in [2.24, 2.45) is 5.73 Å². The number of hydrogen-bond donors (Lipinski definition) is 1. The van der Waals surface area contributed by atoms with Gasteiger partial charge in [0.15, 0.2) is 0 Å². The Hall–Kier alpha value is -1.49. The molecular formula is C12H14F2N2O. The van der Waals surface area contributed by atoms with Crippen LogP contribution in [0.3, 0.4) is 0 Å². The molecule has 0 spiro atoms. The number of amides is 1. The number of nitrogens with two attached hydrogens (primary N) is 1. The minimum absolute atomic E-state index is 0.0816. The fourth-order valence-electron chi connectivity index (χ4n) is 1.94. The molecule has 1 fully saturated rings. The molecule has 92 valence electrons. The Morgan fingerprint density at radius 1 is 1.29 bits per heavy atom. The monoisotopic (exact) mass is 240 g/mol. The normalized spacial score (nSPS) is 17.2. The van der Waals surface area contributed by atoms with Crippen LogP contribution in [0.15, 0.2) is 18.2 Å². The molecule has 1 aliphatic rings. The van der Waals surface area contributed by atoms with Gasteiger partial charge in [0, 0.05) is 25.2 Å². The Labute approximate surface area is 98.2 Å². The number of piperidine rings is 1. The number of carbonyl (C=O) groups excluding carboxylic acids is 1.